The molecule has 0 saturated heterocycles. The second kappa shape index (κ2) is 10.4. The molecule has 0 radical (unpaired) electrons. The van der Waals surface area contributed by atoms with Crippen LogP contribution in [0.2, 0.25) is 0 Å². The van der Waals surface area contributed by atoms with Crippen molar-refractivity contribution in [3.05, 3.63) is 82.4 Å². The molecule has 158 valence electrons. The highest BCUT2D eigenvalue weighted by atomic mass is 16.5. The Bertz CT molecular complexity index is 1050. The van der Waals surface area contributed by atoms with Gasteiger partial charge in [-0.1, -0.05) is 42.5 Å². The van der Waals surface area contributed by atoms with E-state index >= 15 is 0 Å². The molecule has 0 aliphatic carbocycles. The molecule has 31 heavy (non-hydrogen) atoms. The Morgan fingerprint density at radius 2 is 1.74 bits per heavy atom. The lowest BCUT2D eigenvalue weighted by Gasteiger charge is -2.27. The second-order valence-corrected chi connectivity index (χ2v) is 7.12. The SMILES string of the molecule is COCCCN1C(=O)C(C#N)=C(C)/C(=C\c2ccc(OCc3ccccc3)cc2)C1=O. The van der Waals surface area contributed by atoms with E-state index in [0.717, 1.165) is 16.0 Å². The molecule has 3 rings (SSSR count). The molecular weight excluding hydrogens is 392 g/mol. The molecule has 0 unspecified atom stereocenters. The molecule has 1 heterocycles. The van der Waals surface area contributed by atoms with Crippen LogP contribution in [0.15, 0.2) is 71.3 Å². The van der Waals surface area contributed by atoms with Crippen LogP contribution in [0.4, 0.5) is 0 Å². The van der Waals surface area contributed by atoms with Gasteiger partial charge in [0, 0.05) is 25.8 Å². The molecule has 2 amide bonds. The molecule has 6 nitrogen and oxygen atoms in total. The number of rotatable bonds is 8. The van der Waals surface area contributed by atoms with Gasteiger partial charge in [0.2, 0.25) is 0 Å². The molecule has 0 fully saturated rings. The number of ether oxygens (including phenoxy) is 2. The topological polar surface area (TPSA) is 79.6 Å². The van der Waals surface area contributed by atoms with Gasteiger partial charge in [0.1, 0.15) is 24.0 Å². The minimum Gasteiger partial charge on any atom is -0.489 e. The molecule has 0 atom stereocenters. The van der Waals surface area contributed by atoms with Crippen LogP contribution in [0, 0.1) is 11.3 Å². The third kappa shape index (κ3) is 5.27. The van der Waals surface area contributed by atoms with Crippen molar-refractivity contribution >= 4 is 17.9 Å². The molecular formula is C25H24N2O4. The van der Waals surface area contributed by atoms with Crippen molar-refractivity contribution in [2.75, 3.05) is 20.3 Å². The van der Waals surface area contributed by atoms with Gasteiger partial charge in [-0.3, -0.25) is 14.5 Å². The van der Waals surface area contributed by atoms with Crippen molar-refractivity contribution in [3.63, 3.8) is 0 Å². The minimum atomic E-state index is -0.553. The molecule has 1 aliphatic rings. The van der Waals surface area contributed by atoms with Crippen LogP contribution in [0.3, 0.4) is 0 Å². The summed E-state index contributed by atoms with van der Waals surface area (Å²) < 4.78 is 10.8. The quantitative estimate of drug-likeness (QED) is 0.370. The lowest BCUT2D eigenvalue weighted by molar-refractivity contribution is -0.140. The average Bonchev–Trinajstić information content (AvgIpc) is 2.79. The third-order valence-corrected chi connectivity index (χ3v) is 5.00. The van der Waals surface area contributed by atoms with E-state index in [1.54, 1.807) is 20.1 Å². The number of imide groups is 1. The van der Waals surface area contributed by atoms with Gasteiger partial charge in [-0.05, 0) is 48.3 Å². The van der Waals surface area contributed by atoms with Crippen molar-refractivity contribution in [2.45, 2.75) is 20.0 Å². The van der Waals surface area contributed by atoms with Crippen molar-refractivity contribution in [1.29, 1.82) is 5.26 Å². The molecule has 0 aromatic heterocycles. The number of nitrogens with zero attached hydrogens (tertiary/aromatic N) is 2. The van der Waals surface area contributed by atoms with Gasteiger partial charge in [-0.25, -0.2) is 0 Å². The first-order chi connectivity index (χ1) is 15.0. The predicted molar refractivity (Wildman–Crippen MR) is 117 cm³/mol. The summed E-state index contributed by atoms with van der Waals surface area (Å²) >= 11 is 0. The first-order valence-corrected chi connectivity index (χ1v) is 10.00. The van der Waals surface area contributed by atoms with Crippen molar-refractivity contribution in [1.82, 2.24) is 4.90 Å². The highest BCUT2D eigenvalue weighted by molar-refractivity contribution is 6.19. The summed E-state index contributed by atoms with van der Waals surface area (Å²) in [6, 6.07) is 19.2. The third-order valence-electron chi connectivity index (χ3n) is 5.00. The van der Waals surface area contributed by atoms with E-state index in [4.69, 9.17) is 9.47 Å². The lowest BCUT2D eigenvalue weighted by Crippen LogP contribution is -2.43. The molecule has 1 aliphatic heterocycles. The number of carbonyl (C=O) groups is 2. The Balaban J connectivity index is 1.79. The van der Waals surface area contributed by atoms with Crippen LogP contribution in [-0.4, -0.2) is 37.0 Å². The first kappa shape index (κ1) is 22.0. The molecule has 0 spiro atoms. The van der Waals surface area contributed by atoms with Crippen molar-refractivity contribution in [3.8, 4) is 11.8 Å². The number of carbonyl (C=O) groups excluding carboxylic acids is 2. The Morgan fingerprint density at radius 1 is 1.03 bits per heavy atom. The highest BCUT2D eigenvalue weighted by Crippen LogP contribution is 2.27. The monoisotopic (exact) mass is 416 g/mol. The van der Waals surface area contributed by atoms with Crippen molar-refractivity contribution < 1.29 is 19.1 Å². The minimum absolute atomic E-state index is 0.00826. The van der Waals surface area contributed by atoms with E-state index in [0.29, 0.717) is 36.5 Å². The van der Waals surface area contributed by atoms with E-state index in [2.05, 4.69) is 0 Å². The van der Waals surface area contributed by atoms with Crippen LogP contribution >= 0.6 is 0 Å². The van der Waals surface area contributed by atoms with Gasteiger partial charge in [0.25, 0.3) is 11.8 Å². The summed E-state index contributed by atoms with van der Waals surface area (Å²) in [6.07, 6.45) is 2.21. The van der Waals surface area contributed by atoms with E-state index in [1.807, 2.05) is 60.7 Å². The standard InChI is InChI=1S/C25H24N2O4/c1-18-22(24(28)27(13-6-14-30-2)25(29)23(18)16-26)15-19-9-11-21(12-10-19)31-17-20-7-4-3-5-8-20/h3-5,7-12,15H,6,13-14,17H2,1-2H3/b22-15+. The van der Waals surface area contributed by atoms with Gasteiger partial charge in [-0.2, -0.15) is 5.26 Å². The average molecular weight is 416 g/mol. The Kier molecular flexibility index (Phi) is 7.36. The fraction of sp³-hybridized carbons (Fsp3) is 0.240. The van der Waals surface area contributed by atoms with Crippen LogP contribution in [0.5, 0.6) is 5.75 Å². The van der Waals surface area contributed by atoms with E-state index in [1.165, 1.54) is 0 Å². The zero-order chi connectivity index (χ0) is 22.2. The van der Waals surface area contributed by atoms with Crippen LogP contribution in [0.25, 0.3) is 6.08 Å². The highest BCUT2D eigenvalue weighted by Gasteiger charge is 2.34. The van der Waals surface area contributed by atoms with E-state index < -0.39 is 11.8 Å². The maximum Gasteiger partial charge on any atom is 0.271 e. The zero-order valence-electron chi connectivity index (χ0n) is 17.6. The number of benzene rings is 2. The van der Waals surface area contributed by atoms with Crippen LogP contribution in [-0.2, 0) is 20.9 Å². The Labute approximate surface area is 182 Å². The fourth-order valence-corrected chi connectivity index (χ4v) is 3.27. The van der Waals surface area contributed by atoms with Gasteiger partial charge >= 0.3 is 0 Å². The number of hydrogen-bond acceptors (Lipinski definition) is 5. The number of hydrogen-bond donors (Lipinski definition) is 0. The maximum atomic E-state index is 13.0. The van der Waals surface area contributed by atoms with Gasteiger partial charge in [-0.15, -0.1) is 0 Å². The number of methoxy groups -OCH3 is 1. The first-order valence-electron chi connectivity index (χ1n) is 10.00. The summed E-state index contributed by atoms with van der Waals surface area (Å²) in [4.78, 5) is 26.6. The van der Waals surface area contributed by atoms with Gasteiger partial charge < -0.3 is 9.47 Å². The van der Waals surface area contributed by atoms with E-state index in [-0.39, 0.29) is 12.1 Å². The molecule has 0 bridgehead atoms. The number of nitriles is 1. The summed E-state index contributed by atoms with van der Waals surface area (Å²) in [6.45, 7) is 2.72. The summed E-state index contributed by atoms with van der Waals surface area (Å²) in [7, 11) is 1.56. The second-order valence-electron chi connectivity index (χ2n) is 7.12. The van der Waals surface area contributed by atoms with Crippen molar-refractivity contribution in [2.24, 2.45) is 0 Å². The zero-order valence-corrected chi connectivity index (χ0v) is 17.6. The Morgan fingerprint density at radius 3 is 2.39 bits per heavy atom. The molecule has 0 N–H and O–H groups in total. The fourth-order valence-electron chi connectivity index (χ4n) is 3.27. The lowest BCUT2D eigenvalue weighted by atomic mass is 9.93. The maximum absolute atomic E-state index is 13.0. The Hall–Kier alpha value is -3.69. The van der Waals surface area contributed by atoms with Crippen LogP contribution < -0.4 is 4.74 Å². The van der Waals surface area contributed by atoms with E-state index in [9.17, 15) is 14.9 Å². The molecule has 2 aromatic carbocycles. The van der Waals surface area contributed by atoms with Gasteiger partial charge in [0.15, 0.2) is 0 Å². The van der Waals surface area contributed by atoms with Gasteiger partial charge in [0.05, 0.1) is 0 Å². The summed E-state index contributed by atoms with van der Waals surface area (Å²) in [5.74, 6) is -0.243. The number of amides is 2. The molecule has 2 aromatic rings. The largest absolute Gasteiger partial charge is 0.489 e. The van der Waals surface area contributed by atoms with Crippen LogP contribution in [0.1, 0.15) is 24.5 Å². The molecule has 6 heteroatoms. The molecule has 0 saturated carbocycles. The predicted octanol–water partition coefficient (Wildman–Crippen LogP) is 3.89. The summed E-state index contributed by atoms with van der Waals surface area (Å²) in [5.41, 5.74) is 2.57. The summed E-state index contributed by atoms with van der Waals surface area (Å²) in [5, 5.41) is 9.45. The smallest absolute Gasteiger partial charge is 0.271 e. The normalized spacial score (nSPS) is 15.4.